The fourth-order valence-corrected chi connectivity index (χ4v) is 2.33. The van der Waals surface area contributed by atoms with E-state index in [-0.39, 0.29) is 5.56 Å². The molecule has 0 spiro atoms. The molecule has 0 saturated carbocycles. The summed E-state index contributed by atoms with van der Waals surface area (Å²) in [7, 11) is 0. The van der Waals surface area contributed by atoms with Gasteiger partial charge in [-0.3, -0.25) is 0 Å². The SMILES string of the molecule is CCn1nc(C)c2c(C(F)F)cc(-c3ccco3)nc21. The Kier molecular flexibility index (Phi) is 3.00. The monoisotopic (exact) mass is 277 g/mol. The molecule has 0 bridgehead atoms. The van der Waals surface area contributed by atoms with Gasteiger partial charge < -0.3 is 4.42 Å². The van der Waals surface area contributed by atoms with Crippen molar-refractivity contribution in [2.45, 2.75) is 26.8 Å². The van der Waals surface area contributed by atoms with Gasteiger partial charge in [-0.05, 0) is 32.0 Å². The van der Waals surface area contributed by atoms with Crippen LogP contribution in [0.25, 0.3) is 22.5 Å². The minimum absolute atomic E-state index is 0.0569. The second-order valence-electron chi connectivity index (χ2n) is 4.47. The Labute approximate surface area is 114 Å². The molecule has 3 rings (SSSR count). The average Bonchev–Trinajstić information content (AvgIpc) is 3.06. The molecule has 0 amide bonds. The van der Waals surface area contributed by atoms with Crippen LogP contribution in [0.5, 0.6) is 0 Å². The number of pyridine rings is 1. The molecule has 6 heteroatoms. The van der Waals surface area contributed by atoms with Crippen LogP contribution < -0.4 is 0 Å². The molecule has 0 aliphatic heterocycles. The molecule has 104 valence electrons. The zero-order valence-electron chi connectivity index (χ0n) is 11.1. The van der Waals surface area contributed by atoms with Gasteiger partial charge in [-0.1, -0.05) is 0 Å². The van der Waals surface area contributed by atoms with Gasteiger partial charge in [0.15, 0.2) is 11.4 Å². The second-order valence-corrected chi connectivity index (χ2v) is 4.47. The average molecular weight is 277 g/mol. The minimum Gasteiger partial charge on any atom is -0.463 e. The molecule has 3 aromatic heterocycles. The van der Waals surface area contributed by atoms with Crippen LogP contribution in [-0.4, -0.2) is 14.8 Å². The van der Waals surface area contributed by atoms with E-state index in [0.29, 0.717) is 34.7 Å². The Morgan fingerprint density at radius 1 is 1.40 bits per heavy atom. The highest BCUT2D eigenvalue weighted by Crippen LogP contribution is 2.32. The zero-order valence-corrected chi connectivity index (χ0v) is 11.1. The maximum atomic E-state index is 13.3. The number of nitrogens with zero attached hydrogens (tertiary/aromatic N) is 3. The number of hydrogen-bond donors (Lipinski definition) is 0. The third kappa shape index (κ3) is 1.88. The normalized spacial score (nSPS) is 11.7. The van der Waals surface area contributed by atoms with E-state index in [1.807, 2.05) is 6.92 Å². The van der Waals surface area contributed by atoms with Crippen LogP contribution in [0.2, 0.25) is 0 Å². The Morgan fingerprint density at radius 3 is 2.80 bits per heavy atom. The summed E-state index contributed by atoms with van der Waals surface area (Å²) >= 11 is 0. The van der Waals surface area contributed by atoms with Crippen molar-refractivity contribution in [1.82, 2.24) is 14.8 Å². The molecule has 0 saturated heterocycles. The fraction of sp³-hybridized carbons (Fsp3) is 0.286. The molecule has 3 aromatic rings. The Bertz CT molecular complexity index is 747. The van der Waals surface area contributed by atoms with Gasteiger partial charge in [0.25, 0.3) is 6.43 Å². The van der Waals surface area contributed by atoms with Crippen molar-refractivity contribution in [3.05, 3.63) is 35.7 Å². The first-order chi connectivity index (χ1) is 9.61. The van der Waals surface area contributed by atoms with E-state index < -0.39 is 6.43 Å². The highest BCUT2D eigenvalue weighted by Gasteiger charge is 2.21. The lowest BCUT2D eigenvalue weighted by molar-refractivity contribution is 0.153. The molecule has 0 aliphatic carbocycles. The number of rotatable bonds is 3. The highest BCUT2D eigenvalue weighted by atomic mass is 19.3. The van der Waals surface area contributed by atoms with Gasteiger partial charge in [0.2, 0.25) is 0 Å². The first kappa shape index (κ1) is 12.8. The molecule has 3 heterocycles. The van der Waals surface area contributed by atoms with Crippen molar-refractivity contribution >= 4 is 11.0 Å². The summed E-state index contributed by atoms with van der Waals surface area (Å²) in [5.41, 5.74) is 1.37. The summed E-state index contributed by atoms with van der Waals surface area (Å²) in [6.45, 7) is 4.19. The Balaban J connectivity index is 2.35. The summed E-state index contributed by atoms with van der Waals surface area (Å²) in [6.07, 6.45) is -1.09. The van der Waals surface area contributed by atoms with Crippen molar-refractivity contribution < 1.29 is 13.2 Å². The minimum atomic E-state index is -2.58. The molecule has 0 fully saturated rings. The first-order valence-corrected chi connectivity index (χ1v) is 6.32. The molecule has 0 aromatic carbocycles. The van der Waals surface area contributed by atoms with E-state index in [9.17, 15) is 8.78 Å². The molecular weight excluding hydrogens is 264 g/mol. The standard InChI is InChI=1S/C14H13F2N3O/c1-3-19-14-12(8(2)18-19)9(13(15)16)7-10(17-14)11-5-4-6-20-11/h4-7,13H,3H2,1-2H3. The molecule has 0 aliphatic rings. The molecule has 0 radical (unpaired) electrons. The van der Waals surface area contributed by atoms with Gasteiger partial charge in [0, 0.05) is 12.1 Å². The molecule has 20 heavy (non-hydrogen) atoms. The van der Waals surface area contributed by atoms with Crippen molar-refractivity contribution in [2.24, 2.45) is 0 Å². The van der Waals surface area contributed by atoms with Crippen LogP contribution in [0, 0.1) is 6.92 Å². The smallest absolute Gasteiger partial charge is 0.264 e. The third-order valence-corrected chi connectivity index (χ3v) is 3.22. The van der Waals surface area contributed by atoms with Gasteiger partial charge in [-0.25, -0.2) is 18.4 Å². The van der Waals surface area contributed by atoms with E-state index in [2.05, 4.69) is 10.1 Å². The van der Waals surface area contributed by atoms with E-state index >= 15 is 0 Å². The first-order valence-electron chi connectivity index (χ1n) is 6.32. The van der Waals surface area contributed by atoms with E-state index in [4.69, 9.17) is 4.42 Å². The fourth-order valence-electron chi connectivity index (χ4n) is 2.33. The lowest BCUT2D eigenvalue weighted by Crippen LogP contribution is -1.99. The lowest BCUT2D eigenvalue weighted by atomic mass is 10.1. The van der Waals surface area contributed by atoms with E-state index in [0.717, 1.165) is 0 Å². The largest absolute Gasteiger partial charge is 0.463 e. The second kappa shape index (κ2) is 4.70. The predicted molar refractivity (Wildman–Crippen MR) is 70.6 cm³/mol. The summed E-state index contributed by atoms with van der Waals surface area (Å²) in [5, 5.41) is 4.69. The number of fused-ring (bicyclic) bond motifs is 1. The van der Waals surface area contributed by atoms with Crippen LogP contribution in [0.1, 0.15) is 24.6 Å². The lowest BCUT2D eigenvalue weighted by Gasteiger charge is -2.06. The zero-order chi connectivity index (χ0) is 14.3. The summed E-state index contributed by atoms with van der Waals surface area (Å²) in [4.78, 5) is 4.43. The van der Waals surface area contributed by atoms with Crippen LogP contribution in [0.3, 0.4) is 0 Å². The maximum absolute atomic E-state index is 13.3. The number of halogens is 2. The quantitative estimate of drug-likeness (QED) is 0.728. The van der Waals surface area contributed by atoms with Gasteiger partial charge in [0.05, 0.1) is 17.3 Å². The number of alkyl halides is 2. The molecule has 0 unspecified atom stereocenters. The van der Waals surface area contributed by atoms with Gasteiger partial charge >= 0.3 is 0 Å². The third-order valence-electron chi connectivity index (χ3n) is 3.22. The van der Waals surface area contributed by atoms with Crippen molar-refractivity contribution in [2.75, 3.05) is 0 Å². The Hall–Kier alpha value is -2.24. The highest BCUT2D eigenvalue weighted by molar-refractivity contribution is 5.85. The van der Waals surface area contributed by atoms with Crippen LogP contribution >= 0.6 is 0 Å². The summed E-state index contributed by atoms with van der Waals surface area (Å²) in [5.74, 6) is 0.468. The van der Waals surface area contributed by atoms with Crippen LogP contribution in [0.15, 0.2) is 28.9 Å². The van der Waals surface area contributed by atoms with Crippen molar-refractivity contribution in [3.8, 4) is 11.5 Å². The predicted octanol–water partition coefficient (Wildman–Crippen LogP) is 3.96. The maximum Gasteiger partial charge on any atom is 0.264 e. The molecule has 0 atom stereocenters. The van der Waals surface area contributed by atoms with Crippen LogP contribution in [0.4, 0.5) is 8.78 Å². The number of hydrogen-bond acceptors (Lipinski definition) is 3. The Morgan fingerprint density at radius 2 is 2.20 bits per heavy atom. The van der Waals surface area contributed by atoms with E-state index in [1.165, 1.54) is 12.3 Å². The molecule has 0 N–H and O–H groups in total. The van der Waals surface area contributed by atoms with Gasteiger partial charge in [-0.15, -0.1) is 0 Å². The number of aromatic nitrogens is 3. The van der Waals surface area contributed by atoms with Crippen molar-refractivity contribution in [1.29, 1.82) is 0 Å². The molecular formula is C14H13F2N3O. The topological polar surface area (TPSA) is 43.9 Å². The van der Waals surface area contributed by atoms with Gasteiger partial charge in [0.1, 0.15) is 5.69 Å². The molecule has 4 nitrogen and oxygen atoms in total. The van der Waals surface area contributed by atoms with E-state index in [1.54, 1.807) is 23.7 Å². The van der Waals surface area contributed by atoms with Crippen LogP contribution in [-0.2, 0) is 6.54 Å². The number of furan rings is 1. The summed E-state index contributed by atoms with van der Waals surface area (Å²) in [6, 6.07) is 4.77. The van der Waals surface area contributed by atoms with Gasteiger partial charge in [-0.2, -0.15) is 5.10 Å². The summed E-state index contributed by atoms with van der Waals surface area (Å²) < 4.78 is 33.5. The van der Waals surface area contributed by atoms with Crippen molar-refractivity contribution in [3.63, 3.8) is 0 Å². The number of aryl methyl sites for hydroxylation is 2.